The molecule has 0 unspecified atom stereocenters. The molecule has 0 saturated carbocycles. The molecule has 0 atom stereocenters. The van der Waals surface area contributed by atoms with Crippen molar-refractivity contribution in [3.63, 3.8) is 0 Å². The summed E-state index contributed by atoms with van der Waals surface area (Å²) in [7, 11) is -3.43. The van der Waals surface area contributed by atoms with E-state index in [0.29, 0.717) is 12.1 Å². The number of sulfonamides is 1. The van der Waals surface area contributed by atoms with Gasteiger partial charge in [-0.25, -0.2) is 8.42 Å². The van der Waals surface area contributed by atoms with Crippen molar-refractivity contribution in [1.29, 1.82) is 0 Å². The lowest BCUT2D eigenvalue weighted by Crippen LogP contribution is -2.32. The van der Waals surface area contributed by atoms with Gasteiger partial charge in [0.1, 0.15) is 0 Å². The average molecular weight is 453 g/mol. The molecule has 0 spiro atoms. The van der Waals surface area contributed by atoms with Gasteiger partial charge in [0.05, 0.1) is 11.9 Å². The van der Waals surface area contributed by atoms with Crippen LogP contribution in [0, 0.1) is 20.8 Å². The van der Waals surface area contributed by atoms with Gasteiger partial charge in [0.2, 0.25) is 15.9 Å². The molecule has 0 aliphatic carbocycles. The Labute approximate surface area is 170 Å². The minimum Gasteiger partial charge on any atom is -0.326 e. The maximum absolute atomic E-state index is 12.3. The highest BCUT2D eigenvalue weighted by atomic mass is 79.9. The van der Waals surface area contributed by atoms with Gasteiger partial charge in [0.25, 0.3) is 0 Å². The van der Waals surface area contributed by atoms with Gasteiger partial charge in [-0.1, -0.05) is 28.1 Å². The second kappa shape index (κ2) is 8.89. The Morgan fingerprint density at radius 3 is 2.41 bits per heavy atom. The number of nitrogens with one attached hydrogen (secondary N) is 1. The molecule has 0 aliphatic heterocycles. The third-order valence-corrected chi connectivity index (χ3v) is 6.31. The molecule has 0 bridgehead atoms. The summed E-state index contributed by atoms with van der Waals surface area (Å²) in [5.41, 5.74) is 4.32. The van der Waals surface area contributed by atoms with Crippen LogP contribution in [0.15, 0.2) is 40.9 Å². The first-order chi connectivity index (χ1) is 12.6. The standard InChI is InChI=1S/C20H25BrN2O3S/c1-14-7-8-15(2)19(12-14)23(27(4,25)26)11-5-6-20(24)22-17-9-10-18(21)16(3)13-17/h7-10,12-13H,5-6,11H2,1-4H3,(H,22,24). The summed E-state index contributed by atoms with van der Waals surface area (Å²) < 4.78 is 26.9. The van der Waals surface area contributed by atoms with Crippen molar-refractivity contribution in [3.8, 4) is 0 Å². The molecule has 0 heterocycles. The number of carbonyl (C=O) groups is 1. The van der Waals surface area contributed by atoms with Crippen LogP contribution >= 0.6 is 15.9 Å². The highest BCUT2D eigenvalue weighted by Crippen LogP contribution is 2.24. The van der Waals surface area contributed by atoms with Crippen molar-refractivity contribution in [2.45, 2.75) is 33.6 Å². The van der Waals surface area contributed by atoms with Gasteiger partial charge in [-0.2, -0.15) is 0 Å². The second-order valence-electron chi connectivity index (χ2n) is 6.74. The number of aryl methyl sites for hydroxylation is 3. The molecule has 146 valence electrons. The summed E-state index contributed by atoms with van der Waals surface area (Å²) in [5.74, 6) is -0.133. The summed E-state index contributed by atoms with van der Waals surface area (Å²) in [6.45, 7) is 6.02. The maximum Gasteiger partial charge on any atom is 0.232 e. The van der Waals surface area contributed by atoms with E-state index in [-0.39, 0.29) is 18.9 Å². The molecule has 0 fully saturated rings. The van der Waals surface area contributed by atoms with E-state index in [2.05, 4.69) is 21.2 Å². The van der Waals surface area contributed by atoms with Gasteiger partial charge in [-0.05, 0) is 68.1 Å². The number of amides is 1. The van der Waals surface area contributed by atoms with Crippen molar-refractivity contribution in [2.75, 3.05) is 22.4 Å². The summed E-state index contributed by atoms with van der Waals surface area (Å²) in [5, 5.41) is 2.85. The Kier molecular flexibility index (Phi) is 7.06. The number of hydrogen-bond acceptors (Lipinski definition) is 3. The van der Waals surface area contributed by atoms with E-state index >= 15 is 0 Å². The minimum absolute atomic E-state index is 0.133. The highest BCUT2D eigenvalue weighted by Gasteiger charge is 2.19. The molecular weight excluding hydrogens is 428 g/mol. The van der Waals surface area contributed by atoms with Gasteiger partial charge in [-0.3, -0.25) is 9.10 Å². The van der Waals surface area contributed by atoms with E-state index in [4.69, 9.17) is 0 Å². The Bertz CT molecular complexity index is 942. The van der Waals surface area contributed by atoms with E-state index < -0.39 is 10.0 Å². The van der Waals surface area contributed by atoms with Crippen molar-refractivity contribution in [1.82, 2.24) is 0 Å². The number of halogens is 1. The second-order valence-corrected chi connectivity index (χ2v) is 9.50. The predicted molar refractivity (Wildman–Crippen MR) is 115 cm³/mol. The first-order valence-electron chi connectivity index (χ1n) is 8.69. The van der Waals surface area contributed by atoms with Crippen LogP contribution in [0.5, 0.6) is 0 Å². The topological polar surface area (TPSA) is 66.5 Å². The summed E-state index contributed by atoms with van der Waals surface area (Å²) in [4.78, 5) is 12.2. The van der Waals surface area contributed by atoms with Crippen LogP contribution in [0.4, 0.5) is 11.4 Å². The summed E-state index contributed by atoms with van der Waals surface area (Å²) in [6.07, 6.45) is 1.87. The fraction of sp³-hybridized carbons (Fsp3) is 0.350. The van der Waals surface area contributed by atoms with Gasteiger partial charge < -0.3 is 5.32 Å². The summed E-state index contributed by atoms with van der Waals surface area (Å²) in [6, 6.07) is 11.3. The molecule has 27 heavy (non-hydrogen) atoms. The van der Waals surface area contributed by atoms with Crippen molar-refractivity contribution >= 4 is 43.2 Å². The van der Waals surface area contributed by atoms with Crippen LogP contribution < -0.4 is 9.62 Å². The SMILES string of the molecule is Cc1ccc(C)c(N(CCCC(=O)Nc2ccc(Br)c(C)c2)S(C)(=O)=O)c1. The van der Waals surface area contributed by atoms with Crippen LogP contribution in [0.2, 0.25) is 0 Å². The monoisotopic (exact) mass is 452 g/mol. The third kappa shape index (κ3) is 6.07. The molecule has 0 radical (unpaired) electrons. The molecule has 2 aromatic carbocycles. The lowest BCUT2D eigenvalue weighted by Gasteiger charge is -2.24. The minimum atomic E-state index is -3.43. The fourth-order valence-corrected chi connectivity index (χ4v) is 4.04. The van der Waals surface area contributed by atoms with Gasteiger partial charge in [-0.15, -0.1) is 0 Å². The van der Waals surface area contributed by atoms with Crippen molar-refractivity contribution in [3.05, 3.63) is 57.6 Å². The molecule has 0 aromatic heterocycles. The Morgan fingerprint density at radius 2 is 1.78 bits per heavy atom. The zero-order chi connectivity index (χ0) is 20.2. The van der Waals surface area contributed by atoms with E-state index in [1.165, 1.54) is 10.6 Å². The van der Waals surface area contributed by atoms with Crippen molar-refractivity contribution < 1.29 is 13.2 Å². The van der Waals surface area contributed by atoms with E-state index in [1.54, 1.807) is 0 Å². The Balaban J connectivity index is 2.02. The maximum atomic E-state index is 12.3. The normalized spacial score (nSPS) is 11.3. The number of anilines is 2. The van der Waals surface area contributed by atoms with E-state index in [0.717, 1.165) is 26.9 Å². The highest BCUT2D eigenvalue weighted by molar-refractivity contribution is 9.10. The predicted octanol–water partition coefficient (Wildman–Crippen LogP) is 4.56. The van der Waals surface area contributed by atoms with E-state index in [9.17, 15) is 13.2 Å². The van der Waals surface area contributed by atoms with Crippen LogP contribution in [-0.4, -0.2) is 27.1 Å². The first-order valence-corrected chi connectivity index (χ1v) is 11.3. The quantitative estimate of drug-likeness (QED) is 0.669. The number of nitrogens with zero attached hydrogens (tertiary/aromatic N) is 1. The molecule has 2 rings (SSSR count). The molecule has 2 aromatic rings. The number of hydrogen-bond donors (Lipinski definition) is 1. The van der Waals surface area contributed by atoms with Crippen LogP contribution in [0.3, 0.4) is 0 Å². The summed E-state index contributed by atoms with van der Waals surface area (Å²) >= 11 is 3.43. The van der Waals surface area contributed by atoms with Crippen LogP contribution in [0.1, 0.15) is 29.5 Å². The molecular formula is C20H25BrN2O3S. The van der Waals surface area contributed by atoms with Crippen molar-refractivity contribution in [2.24, 2.45) is 0 Å². The average Bonchev–Trinajstić information content (AvgIpc) is 2.56. The zero-order valence-electron chi connectivity index (χ0n) is 16.0. The fourth-order valence-electron chi connectivity index (χ4n) is 2.78. The molecule has 1 N–H and O–H groups in total. The van der Waals surface area contributed by atoms with Gasteiger partial charge in [0, 0.05) is 23.1 Å². The van der Waals surface area contributed by atoms with Crippen LogP contribution in [-0.2, 0) is 14.8 Å². The molecule has 5 nitrogen and oxygen atoms in total. The lowest BCUT2D eigenvalue weighted by atomic mass is 10.1. The third-order valence-electron chi connectivity index (χ3n) is 4.24. The van der Waals surface area contributed by atoms with E-state index in [1.807, 2.05) is 57.2 Å². The lowest BCUT2D eigenvalue weighted by molar-refractivity contribution is -0.116. The van der Waals surface area contributed by atoms with Gasteiger partial charge in [0.15, 0.2) is 0 Å². The van der Waals surface area contributed by atoms with Crippen LogP contribution in [0.25, 0.3) is 0 Å². The van der Waals surface area contributed by atoms with Gasteiger partial charge >= 0.3 is 0 Å². The smallest absolute Gasteiger partial charge is 0.232 e. The number of rotatable bonds is 7. The largest absolute Gasteiger partial charge is 0.326 e. The Hall–Kier alpha value is -1.86. The zero-order valence-corrected chi connectivity index (χ0v) is 18.4. The molecule has 0 saturated heterocycles. The number of carbonyl (C=O) groups excluding carboxylic acids is 1. The molecule has 1 amide bonds. The first kappa shape index (κ1) is 21.4. The number of benzene rings is 2. The molecule has 0 aliphatic rings. The molecule has 7 heteroatoms. The Morgan fingerprint density at radius 1 is 1.07 bits per heavy atom.